The molecule has 13 aromatic rings. The molecule has 0 saturated heterocycles. The molecule has 11 aromatic carbocycles. The van der Waals surface area contributed by atoms with E-state index in [1.165, 1.54) is 0 Å². The number of para-hydroxylation sites is 3. The highest BCUT2D eigenvalue weighted by molar-refractivity contribution is 6.17. The van der Waals surface area contributed by atoms with Crippen molar-refractivity contribution in [1.82, 2.24) is 4.57 Å². The lowest BCUT2D eigenvalue weighted by atomic mass is 9.97. The molecule has 0 unspecified atom stereocenters. The fraction of sp³-hybridized carbons (Fsp3) is 0. The highest BCUT2D eigenvalue weighted by atomic mass is 16.3. The first-order valence-electron chi connectivity index (χ1n) is 28.4. The molecule has 67 heavy (non-hydrogen) atoms. The lowest BCUT2D eigenvalue weighted by molar-refractivity contribution is 0.674. The van der Waals surface area contributed by atoms with Crippen LogP contribution in [0.15, 0.2) is 259 Å². The minimum Gasteiger partial charge on any atom is -0.455 e. The van der Waals surface area contributed by atoms with Crippen LogP contribution in [0.1, 0.15) is 17.8 Å². The summed E-state index contributed by atoms with van der Waals surface area (Å²) >= 11 is 0. The van der Waals surface area contributed by atoms with E-state index in [2.05, 4.69) is 47.0 Å². The van der Waals surface area contributed by atoms with E-state index < -0.39 is 89.7 Å². The quantitative estimate of drug-likeness (QED) is 0.152. The number of furan rings is 1. The van der Waals surface area contributed by atoms with Gasteiger partial charge < -0.3 is 13.9 Å². The summed E-state index contributed by atoms with van der Waals surface area (Å²) in [6.45, 7) is 0. The molecular weight excluding hydrogens is 813 g/mol. The molecule has 2 heterocycles. The molecule has 0 amide bonds. The zero-order chi connectivity index (χ0) is 55.6. The predicted octanol–water partition coefficient (Wildman–Crippen LogP) is 18.0. The van der Waals surface area contributed by atoms with Crippen LogP contribution in [0, 0.1) is 0 Å². The lowest BCUT2D eigenvalue weighted by Gasteiger charge is -2.27. The maximum absolute atomic E-state index is 9.97. The van der Waals surface area contributed by atoms with Gasteiger partial charge in [-0.2, -0.15) is 0 Å². The average molecular weight is 868 g/mol. The minimum absolute atomic E-state index is 0.140. The molecule has 13 rings (SSSR count). The van der Waals surface area contributed by atoms with E-state index in [9.17, 15) is 6.85 Å². The van der Waals surface area contributed by atoms with Gasteiger partial charge in [0.15, 0.2) is 0 Å². The zero-order valence-corrected chi connectivity index (χ0v) is 35.5. The van der Waals surface area contributed by atoms with E-state index in [1.54, 1.807) is 4.90 Å². The van der Waals surface area contributed by atoms with Crippen molar-refractivity contribution in [3.63, 3.8) is 0 Å². The fourth-order valence-electron chi connectivity index (χ4n) is 9.23. The molecule has 0 atom stereocenters. The van der Waals surface area contributed by atoms with Crippen molar-refractivity contribution in [3.05, 3.63) is 254 Å². The molecular formula is C64H42N2O. The van der Waals surface area contributed by atoms with E-state index in [0.29, 0.717) is 11.4 Å². The Morgan fingerprint density at radius 3 is 1.64 bits per heavy atom. The molecule has 0 N–H and O–H groups in total. The third-order valence-corrected chi connectivity index (χ3v) is 12.4. The second kappa shape index (κ2) is 16.0. The van der Waals surface area contributed by atoms with Gasteiger partial charge in [0.1, 0.15) is 11.2 Å². The molecule has 2 aromatic heterocycles. The van der Waals surface area contributed by atoms with E-state index in [-0.39, 0.29) is 38.4 Å². The molecule has 0 aliphatic rings. The maximum atomic E-state index is 9.97. The summed E-state index contributed by atoms with van der Waals surface area (Å²) in [6.07, 6.45) is 0. The van der Waals surface area contributed by atoms with E-state index in [4.69, 9.17) is 15.4 Å². The molecule has 3 nitrogen and oxygen atoms in total. The van der Waals surface area contributed by atoms with Crippen LogP contribution in [0.3, 0.4) is 0 Å². The highest BCUT2D eigenvalue weighted by Crippen LogP contribution is 2.43. The van der Waals surface area contributed by atoms with Gasteiger partial charge in [-0.3, -0.25) is 0 Å². The first-order valence-corrected chi connectivity index (χ1v) is 21.9. The van der Waals surface area contributed by atoms with Crippen molar-refractivity contribution >= 4 is 71.6 Å². The summed E-state index contributed by atoms with van der Waals surface area (Å²) in [5.74, 6) is 0. The zero-order valence-electron chi connectivity index (χ0n) is 48.5. The maximum Gasteiger partial charge on any atom is 0.143 e. The van der Waals surface area contributed by atoms with Crippen molar-refractivity contribution < 1.29 is 22.2 Å². The Morgan fingerprint density at radius 2 is 0.940 bits per heavy atom. The molecule has 3 heteroatoms. The Hall–Kier alpha value is -8.92. The van der Waals surface area contributed by atoms with Crippen LogP contribution in [0.2, 0.25) is 0 Å². The average Bonchev–Trinajstić information content (AvgIpc) is 3.97. The molecule has 0 saturated carbocycles. The Bertz CT molecular complexity index is 4610. The second-order valence-corrected chi connectivity index (χ2v) is 16.3. The van der Waals surface area contributed by atoms with Crippen LogP contribution in [0.5, 0.6) is 0 Å². The van der Waals surface area contributed by atoms with Crippen LogP contribution in [0.4, 0.5) is 17.1 Å². The van der Waals surface area contributed by atoms with Gasteiger partial charge in [-0.05, 0) is 117 Å². The Labute approximate surface area is 406 Å². The number of anilines is 3. The smallest absolute Gasteiger partial charge is 0.143 e. The number of benzene rings is 11. The topological polar surface area (TPSA) is 21.3 Å². The van der Waals surface area contributed by atoms with Crippen molar-refractivity contribution in [1.29, 1.82) is 0 Å². The standard InChI is InChI=1S/C64H42N2O/c1-3-15-43(16-4-1)49-39-50(44-17-5-2-6-18-44)42-54(41-49)65(52-36-31-47(32-37-52)56-25-14-26-59-60-38-33-46-19-7-8-22-55(46)64(60)67-63(56)59)51-34-29-45(30-35-51)48-20-13-21-53(40-48)66-61-27-11-9-23-57(61)58-24-10-12-28-62(58)66/h1-42H/i7D,8D,14D,19D,22D,25D,26D,31D,32D,33D,36D,37D,38D. The van der Waals surface area contributed by atoms with Crippen LogP contribution < -0.4 is 4.90 Å². The molecule has 0 aliphatic carbocycles. The van der Waals surface area contributed by atoms with Gasteiger partial charge in [-0.25, -0.2) is 0 Å². The van der Waals surface area contributed by atoms with Gasteiger partial charge in [0.2, 0.25) is 0 Å². The van der Waals surface area contributed by atoms with Crippen LogP contribution >= 0.6 is 0 Å². The van der Waals surface area contributed by atoms with Crippen LogP contribution in [-0.2, 0) is 0 Å². The van der Waals surface area contributed by atoms with Gasteiger partial charge in [-0.15, -0.1) is 0 Å². The number of aromatic nitrogens is 1. The highest BCUT2D eigenvalue weighted by Gasteiger charge is 2.19. The summed E-state index contributed by atoms with van der Waals surface area (Å²) in [5.41, 5.74) is 7.64. The first-order chi connectivity index (χ1) is 38.6. The fourth-order valence-corrected chi connectivity index (χ4v) is 9.23. The lowest BCUT2D eigenvalue weighted by Crippen LogP contribution is -2.10. The van der Waals surface area contributed by atoms with E-state index in [1.807, 2.05) is 133 Å². The molecule has 314 valence electrons. The van der Waals surface area contributed by atoms with Crippen molar-refractivity contribution in [2.45, 2.75) is 0 Å². The number of rotatable bonds is 8. The summed E-state index contributed by atoms with van der Waals surface area (Å²) < 4.78 is 128. The summed E-state index contributed by atoms with van der Waals surface area (Å²) in [7, 11) is 0. The normalized spacial score (nSPS) is 14.3. The third-order valence-electron chi connectivity index (χ3n) is 12.4. The molecule has 0 bridgehead atoms. The second-order valence-electron chi connectivity index (χ2n) is 16.3. The van der Waals surface area contributed by atoms with Crippen molar-refractivity contribution in [2.75, 3.05) is 4.90 Å². The molecule has 0 spiro atoms. The summed E-state index contributed by atoms with van der Waals surface area (Å²) in [5, 5.41) is 1.24. The van der Waals surface area contributed by atoms with Gasteiger partial charge in [-0.1, -0.05) is 182 Å². The van der Waals surface area contributed by atoms with E-state index in [0.717, 1.165) is 60.9 Å². The largest absolute Gasteiger partial charge is 0.455 e. The monoisotopic (exact) mass is 867 g/mol. The SMILES string of the molecule is [2H]c1c([2H])c(N(c2ccc(-c3cccc(-n4c5ccccc5c5ccccc54)c3)cc2)c2cc(-c3ccccc3)cc(-c3ccccc3)c2)c([2H])c([2H])c1-c1c([2H])c([2H])c([2H])c2c1oc1c3c([2H])c([2H])c([2H])c([2H])c3c([2H])c([2H])c12. The predicted molar refractivity (Wildman–Crippen MR) is 282 cm³/mol. The summed E-state index contributed by atoms with van der Waals surface area (Å²) in [6, 6.07) is 50.2. The van der Waals surface area contributed by atoms with Crippen LogP contribution in [-0.4, -0.2) is 4.57 Å². The Morgan fingerprint density at radius 1 is 0.343 bits per heavy atom. The number of fused-ring (bicyclic) bond motifs is 8. The van der Waals surface area contributed by atoms with E-state index >= 15 is 0 Å². The van der Waals surface area contributed by atoms with Gasteiger partial charge in [0.05, 0.1) is 28.9 Å². The first kappa shape index (κ1) is 27.4. The van der Waals surface area contributed by atoms with Crippen LogP contribution in [0.25, 0.3) is 105 Å². The molecule has 0 aliphatic heterocycles. The number of hydrogen-bond acceptors (Lipinski definition) is 2. The van der Waals surface area contributed by atoms with Crippen molar-refractivity contribution in [2.24, 2.45) is 0 Å². The van der Waals surface area contributed by atoms with Gasteiger partial charge in [0.25, 0.3) is 0 Å². The number of hydrogen-bond donors (Lipinski definition) is 0. The molecule has 0 fully saturated rings. The van der Waals surface area contributed by atoms with Gasteiger partial charge >= 0.3 is 0 Å². The number of nitrogens with zero attached hydrogens (tertiary/aromatic N) is 2. The Balaban J connectivity index is 1.03. The minimum atomic E-state index is -0.689. The third kappa shape index (κ3) is 6.67. The van der Waals surface area contributed by atoms with Crippen molar-refractivity contribution in [3.8, 4) is 50.2 Å². The molecule has 0 radical (unpaired) electrons. The van der Waals surface area contributed by atoms with Gasteiger partial charge in [0, 0.05) is 55.2 Å². The Kier molecular flexibility index (Phi) is 6.53. The summed E-state index contributed by atoms with van der Waals surface area (Å²) in [4.78, 5) is 1.68.